The number of rotatable bonds is 9. The monoisotopic (exact) mass is 537 g/mol. The van der Waals surface area contributed by atoms with Crippen LogP contribution in [0.4, 0.5) is 21.8 Å². The van der Waals surface area contributed by atoms with Gasteiger partial charge >= 0.3 is 23.8 Å². The van der Waals surface area contributed by atoms with Gasteiger partial charge in [-0.3, -0.25) is 9.59 Å². The molecule has 0 atom stereocenters. The van der Waals surface area contributed by atoms with Gasteiger partial charge in [0.05, 0.1) is 12.8 Å². The van der Waals surface area contributed by atoms with E-state index in [4.69, 9.17) is 9.15 Å². The molecule has 3 aromatic rings. The molecule has 0 saturated heterocycles. The van der Waals surface area contributed by atoms with Crippen molar-refractivity contribution < 1.29 is 27.9 Å². The average Bonchev–Trinajstić information content (AvgIpc) is 3.39. The van der Waals surface area contributed by atoms with Crippen LogP contribution in [0.3, 0.4) is 0 Å². The molecule has 1 aliphatic rings. The molecule has 4 rings (SSSR count). The molecule has 2 aromatic carbocycles. The van der Waals surface area contributed by atoms with Crippen LogP contribution in [0.2, 0.25) is 0 Å². The molecular weight excluding hydrogens is 505 g/mol. The Hall–Kier alpha value is -4.28. The van der Waals surface area contributed by atoms with Gasteiger partial charge in [0.2, 0.25) is 5.91 Å². The molecule has 3 N–H and O–H groups in total. The minimum atomic E-state index is -1.05. The predicted molar refractivity (Wildman–Crippen MR) is 142 cm³/mol. The summed E-state index contributed by atoms with van der Waals surface area (Å²) in [4.78, 5) is 36.8. The molecule has 0 aliphatic heterocycles. The largest absolute Gasteiger partial charge is 0.467 e. The fraction of sp³-hybridized carbons (Fsp3) is 0.393. The van der Waals surface area contributed by atoms with E-state index in [2.05, 4.69) is 26.1 Å². The lowest BCUT2D eigenvalue weighted by Gasteiger charge is -2.30. The van der Waals surface area contributed by atoms with Crippen molar-refractivity contribution in [3.8, 4) is 0 Å². The molecule has 0 bridgehead atoms. The third kappa shape index (κ3) is 7.18. The van der Waals surface area contributed by atoms with Crippen LogP contribution in [0.25, 0.3) is 0 Å². The van der Waals surface area contributed by atoms with Gasteiger partial charge in [0.15, 0.2) is 0 Å². The fourth-order valence-electron chi connectivity index (χ4n) is 4.73. The number of nitrogens with zero attached hydrogens (tertiary/aromatic N) is 2. The van der Waals surface area contributed by atoms with E-state index >= 15 is 0 Å². The van der Waals surface area contributed by atoms with Crippen LogP contribution in [-0.2, 0) is 14.3 Å². The van der Waals surface area contributed by atoms with Crippen LogP contribution < -0.4 is 16.0 Å². The molecule has 1 heterocycles. The molecule has 0 spiro atoms. The second-order valence-electron chi connectivity index (χ2n) is 10.2. The van der Waals surface area contributed by atoms with E-state index in [9.17, 15) is 18.8 Å². The number of aromatic nitrogens is 2. The SMILES string of the molecule is COC(=O)C(C)(C)NC(=O)C[C@H]1CC[C@H](c2ccc(NC(=O)c3nnc(Nc4ccccc4F)o3)cc2)CC1. The maximum absolute atomic E-state index is 13.8. The summed E-state index contributed by atoms with van der Waals surface area (Å²) in [7, 11) is 1.30. The molecule has 1 aromatic heterocycles. The van der Waals surface area contributed by atoms with Crippen molar-refractivity contribution in [2.45, 2.75) is 57.4 Å². The predicted octanol–water partition coefficient (Wildman–Crippen LogP) is 4.94. The highest BCUT2D eigenvalue weighted by Crippen LogP contribution is 2.37. The summed E-state index contributed by atoms with van der Waals surface area (Å²) in [5, 5.41) is 15.6. The van der Waals surface area contributed by atoms with Crippen LogP contribution in [0, 0.1) is 11.7 Å². The van der Waals surface area contributed by atoms with Crippen molar-refractivity contribution in [2.75, 3.05) is 17.7 Å². The third-order valence-electron chi connectivity index (χ3n) is 6.84. The van der Waals surface area contributed by atoms with E-state index in [1.807, 2.05) is 24.3 Å². The highest BCUT2D eigenvalue weighted by molar-refractivity contribution is 6.00. The van der Waals surface area contributed by atoms with Crippen molar-refractivity contribution in [1.82, 2.24) is 15.5 Å². The number of para-hydroxylation sites is 1. The quantitative estimate of drug-likeness (QED) is 0.327. The lowest BCUT2D eigenvalue weighted by Crippen LogP contribution is -2.50. The van der Waals surface area contributed by atoms with Crippen molar-refractivity contribution in [3.05, 3.63) is 65.8 Å². The smallest absolute Gasteiger partial charge is 0.330 e. The Morgan fingerprint density at radius 2 is 1.72 bits per heavy atom. The minimum absolute atomic E-state index is 0.0964. The summed E-state index contributed by atoms with van der Waals surface area (Å²) in [5.41, 5.74) is 0.842. The van der Waals surface area contributed by atoms with Gasteiger partial charge < -0.3 is 25.1 Å². The van der Waals surface area contributed by atoms with Crippen LogP contribution >= 0.6 is 0 Å². The normalized spacial score (nSPS) is 17.2. The van der Waals surface area contributed by atoms with Crippen molar-refractivity contribution in [1.29, 1.82) is 0 Å². The van der Waals surface area contributed by atoms with Crippen LogP contribution in [0.15, 0.2) is 52.9 Å². The number of esters is 1. The number of carbonyl (C=O) groups excluding carboxylic acids is 3. The Kier molecular flexibility index (Phi) is 8.58. The van der Waals surface area contributed by atoms with Gasteiger partial charge in [-0.1, -0.05) is 29.4 Å². The van der Waals surface area contributed by atoms with E-state index in [-0.39, 0.29) is 29.4 Å². The zero-order valence-electron chi connectivity index (χ0n) is 22.1. The average molecular weight is 538 g/mol. The molecule has 1 fully saturated rings. The van der Waals surface area contributed by atoms with E-state index in [0.717, 1.165) is 31.2 Å². The lowest BCUT2D eigenvalue weighted by atomic mass is 9.77. The van der Waals surface area contributed by atoms with E-state index in [0.29, 0.717) is 18.0 Å². The Morgan fingerprint density at radius 1 is 1.03 bits per heavy atom. The first-order valence-electron chi connectivity index (χ1n) is 12.8. The highest BCUT2D eigenvalue weighted by atomic mass is 19.1. The molecular formula is C28H32FN5O5. The van der Waals surface area contributed by atoms with Crippen molar-refractivity contribution >= 4 is 35.2 Å². The summed E-state index contributed by atoms with van der Waals surface area (Å²) in [6.45, 7) is 3.26. The number of carbonyl (C=O) groups is 3. The first-order chi connectivity index (χ1) is 18.6. The van der Waals surface area contributed by atoms with E-state index < -0.39 is 23.2 Å². The first-order valence-corrected chi connectivity index (χ1v) is 12.8. The summed E-state index contributed by atoms with van der Waals surface area (Å²) in [5.74, 6) is -1.31. The molecule has 10 nitrogen and oxygen atoms in total. The van der Waals surface area contributed by atoms with E-state index in [1.54, 1.807) is 26.0 Å². The number of hydrogen-bond acceptors (Lipinski definition) is 8. The van der Waals surface area contributed by atoms with Gasteiger partial charge in [-0.25, -0.2) is 9.18 Å². The zero-order valence-corrected chi connectivity index (χ0v) is 22.1. The maximum atomic E-state index is 13.8. The third-order valence-corrected chi connectivity index (χ3v) is 6.84. The summed E-state index contributed by atoms with van der Waals surface area (Å²) in [6.07, 6.45) is 4.10. The summed E-state index contributed by atoms with van der Waals surface area (Å²) >= 11 is 0. The lowest BCUT2D eigenvalue weighted by molar-refractivity contribution is -0.149. The summed E-state index contributed by atoms with van der Waals surface area (Å²) in [6, 6.07) is 13.5. The molecule has 0 radical (unpaired) electrons. The number of methoxy groups -OCH3 is 1. The Bertz CT molecular complexity index is 1320. The summed E-state index contributed by atoms with van der Waals surface area (Å²) < 4.78 is 23.8. The highest BCUT2D eigenvalue weighted by Gasteiger charge is 2.32. The van der Waals surface area contributed by atoms with Gasteiger partial charge in [-0.05, 0) is 81.2 Å². The number of halogens is 1. The van der Waals surface area contributed by atoms with Gasteiger partial charge in [0, 0.05) is 12.1 Å². The van der Waals surface area contributed by atoms with Gasteiger partial charge in [-0.2, -0.15) is 0 Å². The Morgan fingerprint density at radius 3 is 2.38 bits per heavy atom. The number of amides is 2. The Labute approximate surface area is 225 Å². The number of anilines is 3. The number of hydrogen-bond donors (Lipinski definition) is 3. The zero-order chi connectivity index (χ0) is 28.0. The molecule has 1 saturated carbocycles. The second kappa shape index (κ2) is 12.1. The number of ether oxygens (including phenoxy) is 1. The molecule has 39 heavy (non-hydrogen) atoms. The van der Waals surface area contributed by atoms with Gasteiger partial charge in [0.25, 0.3) is 0 Å². The molecule has 2 amide bonds. The second-order valence-corrected chi connectivity index (χ2v) is 10.2. The topological polar surface area (TPSA) is 135 Å². The van der Waals surface area contributed by atoms with Crippen LogP contribution in [0.1, 0.15) is 68.1 Å². The molecule has 11 heteroatoms. The minimum Gasteiger partial charge on any atom is -0.467 e. The molecule has 206 valence electrons. The number of nitrogens with one attached hydrogen (secondary N) is 3. The van der Waals surface area contributed by atoms with Gasteiger partial charge in [-0.15, -0.1) is 5.10 Å². The first kappa shape index (κ1) is 27.7. The van der Waals surface area contributed by atoms with Gasteiger partial charge in [0.1, 0.15) is 11.4 Å². The number of benzene rings is 2. The van der Waals surface area contributed by atoms with Crippen molar-refractivity contribution in [2.24, 2.45) is 5.92 Å². The van der Waals surface area contributed by atoms with E-state index in [1.165, 1.54) is 19.2 Å². The maximum Gasteiger partial charge on any atom is 0.330 e. The van der Waals surface area contributed by atoms with Crippen LogP contribution in [-0.4, -0.2) is 40.6 Å². The molecule has 0 unspecified atom stereocenters. The van der Waals surface area contributed by atoms with Crippen LogP contribution in [0.5, 0.6) is 0 Å². The van der Waals surface area contributed by atoms with Crippen molar-refractivity contribution in [3.63, 3.8) is 0 Å². The molecule has 1 aliphatic carbocycles. The standard InChI is InChI=1S/C28H32FN5O5/c1-28(2,26(37)38-3)32-23(35)16-17-8-10-18(11-9-17)19-12-14-20(15-13-19)30-24(36)25-33-34-27(39-25)31-22-7-5-4-6-21(22)29/h4-7,12-15,17-18H,8-11,16H2,1-3H3,(H,30,36)(H,31,34)(H,32,35)/t17-,18-. The fourth-order valence-corrected chi connectivity index (χ4v) is 4.73. The Balaban J connectivity index is 1.25.